The van der Waals surface area contributed by atoms with Crippen molar-refractivity contribution in [2.24, 2.45) is 0 Å². The molecule has 0 aromatic carbocycles. The van der Waals surface area contributed by atoms with Crippen LogP contribution in [0.25, 0.3) is 0 Å². The van der Waals surface area contributed by atoms with Crippen LogP contribution in [0, 0.1) is 6.92 Å². The Kier molecular flexibility index (Phi) is 4.66. The second kappa shape index (κ2) is 6.70. The van der Waals surface area contributed by atoms with Crippen molar-refractivity contribution in [1.29, 1.82) is 0 Å². The molecule has 126 valence electrons. The summed E-state index contributed by atoms with van der Waals surface area (Å²) in [5.41, 5.74) is 1.51. The van der Waals surface area contributed by atoms with Crippen LogP contribution in [0.3, 0.4) is 0 Å². The monoisotopic (exact) mass is 318 g/mol. The normalized spacial score (nSPS) is 21.7. The van der Waals surface area contributed by atoms with E-state index in [2.05, 4.69) is 20.4 Å². The first-order valence-corrected chi connectivity index (χ1v) is 8.36. The fraction of sp³-hybridized carbons (Fsp3) is 0.688. The molecular formula is C16H26N6O. The molecule has 2 amide bonds. The number of nitrogens with zero attached hydrogens (tertiary/aromatic N) is 5. The Balaban J connectivity index is 1.64. The average Bonchev–Trinajstić information content (AvgIpc) is 3.18. The maximum absolute atomic E-state index is 12.6. The van der Waals surface area contributed by atoms with Crippen molar-refractivity contribution in [3.8, 4) is 0 Å². The minimum Gasteiger partial charge on any atom is -0.360 e. The van der Waals surface area contributed by atoms with Crippen LogP contribution in [0.15, 0.2) is 6.07 Å². The van der Waals surface area contributed by atoms with Crippen LogP contribution >= 0.6 is 0 Å². The Morgan fingerprint density at radius 1 is 1.26 bits per heavy atom. The van der Waals surface area contributed by atoms with Crippen molar-refractivity contribution >= 4 is 17.5 Å². The van der Waals surface area contributed by atoms with Crippen LogP contribution in [0.4, 0.5) is 16.3 Å². The van der Waals surface area contributed by atoms with E-state index in [-0.39, 0.29) is 6.03 Å². The van der Waals surface area contributed by atoms with Crippen LogP contribution in [-0.2, 0) is 0 Å². The van der Waals surface area contributed by atoms with Gasteiger partial charge in [-0.05, 0) is 45.3 Å². The lowest BCUT2D eigenvalue weighted by Crippen LogP contribution is -2.38. The highest BCUT2D eigenvalue weighted by Crippen LogP contribution is 2.24. The van der Waals surface area contributed by atoms with Crippen molar-refractivity contribution in [2.45, 2.75) is 32.2 Å². The minimum absolute atomic E-state index is 0.0396. The summed E-state index contributed by atoms with van der Waals surface area (Å²) in [5, 5.41) is 11.2. The molecule has 2 aliphatic rings. The quantitative estimate of drug-likeness (QED) is 0.916. The first-order chi connectivity index (χ1) is 11.0. The molecule has 7 heteroatoms. The number of anilines is 2. The molecular weight excluding hydrogens is 292 g/mol. The van der Waals surface area contributed by atoms with Gasteiger partial charge in [-0.15, -0.1) is 5.10 Å². The standard InChI is InChI=1S/C16H26N6O/c1-12-10-14(15(19-18-12)20(2)3)17-16(23)22-9-6-13(11-22)21-7-4-5-8-21/h10,13H,4-9,11H2,1-3H3,(H,17,18,23). The zero-order chi connectivity index (χ0) is 16.4. The molecule has 3 heterocycles. The Labute approximate surface area is 137 Å². The lowest BCUT2D eigenvalue weighted by molar-refractivity contribution is 0.210. The predicted octanol–water partition coefficient (Wildman–Crippen LogP) is 1.55. The van der Waals surface area contributed by atoms with Crippen LogP contribution in [0.1, 0.15) is 25.0 Å². The van der Waals surface area contributed by atoms with Crippen LogP contribution in [0.5, 0.6) is 0 Å². The lowest BCUT2D eigenvalue weighted by atomic mass is 10.2. The fourth-order valence-electron chi connectivity index (χ4n) is 3.43. The number of rotatable bonds is 3. The fourth-order valence-corrected chi connectivity index (χ4v) is 3.43. The van der Waals surface area contributed by atoms with Gasteiger partial charge in [0.15, 0.2) is 5.82 Å². The van der Waals surface area contributed by atoms with E-state index in [9.17, 15) is 4.79 Å². The molecule has 23 heavy (non-hydrogen) atoms. The summed E-state index contributed by atoms with van der Waals surface area (Å²) in [6.45, 7) is 5.88. The number of hydrogen-bond donors (Lipinski definition) is 1. The minimum atomic E-state index is -0.0396. The van der Waals surface area contributed by atoms with E-state index in [0.29, 0.717) is 11.9 Å². The molecule has 0 bridgehead atoms. The Morgan fingerprint density at radius 3 is 2.70 bits per heavy atom. The molecule has 2 aliphatic heterocycles. The molecule has 1 aromatic rings. The summed E-state index contributed by atoms with van der Waals surface area (Å²) in [6, 6.07) is 2.35. The number of carbonyl (C=O) groups excluding carboxylic acids is 1. The van der Waals surface area contributed by atoms with Gasteiger partial charge in [0.1, 0.15) is 0 Å². The zero-order valence-electron chi connectivity index (χ0n) is 14.2. The van der Waals surface area contributed by atoms with Gasteiger partial charge in [0, 0.05) is 33.2 Å². The van der Waals surface area contributed by atoms with Gasteiger partial charge >= 0.3 is 6.03 Å². The summed E-state index contributed by atoms with van der Waals surface area (Å²) in [7, 11) is 3.79. The molecule has 0 aliphatic carbocycles. The molecule has 0 radical (unpaired) electrons. The van der Waals surface area contributed by atoms with Crippen molar-refractivity contribution in [1.82, 2.24) is 20.0 Å². The van der Waals surface area contributed by atoms with Crippen molar-refractivity contribution in [2.75, 3.05) is 50.5 Å². The number of nitrogens with one attached hydrogen (secondary N) is 1. The van der Waals surface area contributed by atoms with Crippen LogP contribution in [-0.4, -0.2) is 72.3 Å². The Morgan fingerprint density at radius 2 is 2.00 bits per heavy atom. The van der Waals surface area contributed by atoms with Gasteiger partial charge in [0.25, 0.3) is 0 Å². The SMILES string of the molecule is Cc1cc(NC(=O)N2CCC(N3CCCC3)C2)c(N(C)C)nn1. The number of amides is 2. The first-order valence-electron chi connectivity index (χ1n) is 8.36. The molecule has 0 spiro atoms. The van der Waals surface area contributed by atoms with E-state index in [0.717, 1.165) is 30.9 Å². The Bertz CT molecular complexity index is 570. The molecule has 7 nitrogen and oxygen atoms in total. The molecule has 1 aromatic heterocycles. The summed E-state index contributed by atoms with van der Waals surface area (Å²) < 4.78 is 0. The van der Waals surface area contributed by atoms with Gasteiger partial charge in [-0.3, -0.25) is 4.90 Å². The highest BCUT2D eigenvalue weighted by atomic mass is 16.2. The van der Waals surface area contributed by atoms with Crippen molar-refractivity contribution in [3.63, 3.8) is 0 Å². The topological polar surface area (TPSA) is 64.6 Å². The van der Waals surface area contributed by atoms with Crippen LogP contribution in [0.2, 0.25) is 0 Å². The van der Waals surface area contributed by atoms with Crippen molar-refractivity contribution in [3.05, 3.63) is 11.8 Å². The van der Waals surface area contributed by atoms with Crippen molar-refractivity contribution < 1.29 is 4.79 Å². The summed E-state index contributed by atoms with van der Waals surface area (Å²) in [6.07, 6.45) is 3.65. The third kappa shape index (κ3) is 3.55. The molecule has 0 saturated carbocycles. The third-order valence-electron chi connectivity index (χ3n) is 4.67. The first kappa shape index (κ1) is 16.0. The van der Waals surface area contributed by atoms with E-state index in [1.807, 2.05) is 36.9 Å². The maximum Gasteiger partial charge on any atom is 0.322 e. The van der Waals surface area contributed by atoms with E-state index in [4.69, 9.17) is 0 Å². The zero-order valence-corrected chi connectivity index (χ0v) is 14.2. The van der Waals surface area contributed by atoms with Gasteiger partial charge in [0.2, 0.25) is 0 Å². The van der Waals surface area contributed by atoms with E-state index >= 15 is 0 Å². The molecule has 2 saturated heterocycles. The number of carbonyl (C=O) groups is 1. The van der Waals surface area contributed by atoms with Crippen LogP contribution < -0.4 is 10.2 Å². The highest BCUT2D eigenvalue weighted by Gasteiger charge is 2.31. The molecule has 1 atom stereocenters. The maximum atomic E-state index is 12.6. The predicted molar refractivity (Wildman–Crippen MR) is 90.9 cm³/mol. The summed E-state index contributed by atoms with van der Waals surface area (Å²) in [4.78, 5) is 18.9. The lowest BCUT2D eigenvalue weighted by Gasteiger charge is -2.24. The molecule has 3 rings (SSSR count). The summed E-state index contributed by atoms with van der Waals surface area (Å²) in [5.74, 6) is 0.680. The van der Waals surface area contributed by atoms with E-state index in [1.54, 1.807) is 0 Å². The highest BCUT2D eigenvalue weighted by molar-refractivity contribution is 5.92. The second-order valence-electron chi connectivity index (χ2n) is 6.68. The number of aryl methyl sites for hydroxylation is 1. The third-order valence-corrected chi connectivity index (χ3v) is 4.67. The Hall–Kier alpha value is -1.89. The molecule has 1 N–H and O–H groups in total. The smallest absolute Gasteiger partial charge is 0.322 e. The van der Waals surface area contributed by atoms with Gasteiger partial charge in [-0.2, -0.15) is 5.10 Å². The number of likely N-dealkylation sites (tertiary alicyclic amines) is 2. The van der Waals surface area contributed by atoms with Gasteiger partial charge in [-0.1, -0.05) is 0 Å². The molecule has 2 fully saturated rings. The molecule has 1 unspecified atom stereocenters. The van der Waals surface area contributed by atoms with E-state index < -0.39 is 0 Å². The second-order valence-corrected chi connectivity index (χ2v) is 6.68. The van der Waals surface area contributed by atoms with E-state index in [1.165, 1.54) is 25.9 Å². The number of urea groups is 1. The largest absolute Gasteiger partial charge is 0.360 e. The number of hydrogen-bond acceptors (Lipinski definition) is 5. The summed E-state index contributed by atoms with van der Waals surface area (Å²) >= 11 is 0. The van der Waals surface area contributed by atoms with Gasteiger partial charge in [-0.25, -0.2) is 4.79 Å². The van der Waals surface area contributed by atoms with Gasteiger partial charge < -0.3 is 15.1 Å². The average molecular weight is 318 g/mol. The number of aromatic nitrogens is 2. The van der Waals surface area contributed by atoms with Gasteiger partial charge in [0.05, 0.1) is 11.4 Å².